The van der Waals surface area contributed by atoms with Crippen molar-refractivity contribution in [1.29, 1.82) is 0 Å². The van der Waals surface area contributed by atoms with Crippen molar-refractivity contribution in [3.8, 4) is 0 Å². The predicted octanol–water partition coefficient (Wildman–Crippen LogP) is 2.31. The van der Waals surface area contributed by atoms with Gasteiger partial charge in [0.2, 0.25) is 0 Å². The molecular weight excluding hydrogens is 262 g/mol. The summed E-state index contributed by atoms with van der Waals surface area (Å²) in [4.78, 5) is 12.1. The normalized spacial score (nSPS) is 17.8. The molecule has 1 aromatic heterocycles. The van der Waals surface area contributed by atoms with Crippen molar-refractivity contribution in [3.63, 3.8) is 0 Å². The number of benzene rings is 1. The molecule has 112 valence electrons. The highest BCUT2D eigenvalue weighted by Crippen LogP contribution is 2.37. The smallest absolute Gasteiger partial charge is 0.251 e. The number of nitrogens with two attached hydrogens (primary N) is 1. The van der Waals surface area contributed by atoms with Crippen LogP contribution in [-0.4, -0.2) is 23.6 Å². The van der Waals surface area contributed by atoms with Gasteiger partial charge in [-0.3, -0.25) is 4.79 Å². The summed E-state index contributed by atoms with van der Waals surface area (Å²) in [6, 6.07) is 6.01. The number of hydrogen-bond donors (Lipinski definition) is 2. The molecule has 0 bridgehead atoms. The highest BCUT2D eigenvalue weighted by atomic mass is 16.1. The van der Waals surface area contributed by atoms with Gasteiger partial charge in [-0.25, -0.2) is 0 Å². The van der Waals surface area contributed by atoms with Crippen molar-refractivity contribution in [2.24, 2.45) is 12.8 Å². The van der Waals surface area contributed by atoms with Crippen molar-refractivity contribution in [2.75, 3.05) is 13.1 Å². The fourth-order valence-corrected chi connectivity index (χ4v) is 3.58. The highest BCUT2D eigenvalue weighted by Gasteiger charge is 2.24. The number of rotatable bonds is 3. The van der Waals surface area contributed by atoms with Crippen molar-refractivity contribution < 1.29 is 4.79 Å². The maximum atomic E-state index is 12.1. The Balaban J connectivity index is 2.07. The molecule has 3 rings (SSSR count). The monoisotopic (exact) mass is 285 g/mol. The van der Waals surface area contributed by atoms with E-state index in [-0.39, 0.29) is 5.91 Å². The van der Waals surface area contributed by atoms with Crippen LogP contribution in [0.15, 0.2) is 18.2 Å². The summed E-state index contributed by atoms with van der Waals surface area (Å²) in [5, 5.41) is 4.07. The van der Waals surface area contributed by atoms with Crippen molar-refractivity contribution in [1.82, 2.24) is 9.88 Å². The molecule has 0 saturated heterocycles. The van der Waals surface area contributed by atoms with Crippen LogP contribution in [0.25, 0.3) is 10.9 Å². The zero-order chi connectivity index (χ0) is 15.0. The first-order valence-electron chi connectivity index (χ1n) is 7.73. The summed E-state index contributed by atoms with van der Waals surface area (Å²) < 4.78 is 2.30. The third-order valence-corrected chi connectivity index (χ3v) is 4.58. The van der Waals surface area contributed by atoms with Gasteiger partial charge in [-0.15, -0.1) is 0 Å². The van der Waals surface area contributed by atoms with Gasteiger partial charge in [0.05, 0.1) is 0 Å². The molecule has 1 aromatic carbocycles. The largest absolute Gasteiger partial charge is 0.351 e. The molecule has 0 spiro atoms. The summed E-state index contributed by atoms with van der Waals surface area (Å²) in [5.41, 5.74) is 10.3. The number of hydrogen-bond acceptors (Lipinski definition) is 2. The molecule has 0 fully saturated rings. The Morgan fingerprint density at radius 2 is 2.29 bits per heavy atom. The molecule has 4 heteroatoms. The second-order valence-corrected chi connectivity index (χ2v) is 5.99. The number of carbonyl (C=O) groups excluding carboxylic acids is 1. The molecule has 0 radical (unpaired) electrons. The fourth-order valence-electron chi connectivity index (χ4n) is 3.58. The minimum Gasteiger partial charge on any atom is -0.351 e. The molecule has 1 amide bonds. The number of aromatic nitrogens is 1. The first-order chi connectivity index (χ1) is 10.1. The minimum atomic E-state index is -0.0381. The van der Waals surface area contributed by atoms with Crippen LogP contribution in [-0.2, 0) is 13.5 Å². The van der Waals surface area contributed by atoms with Gasteiger partial charge in [-0.1, -0.05) is 6.92 Å². The van der Waals surface area contributed by atoms with Gasteiger partial charge in [0.15, 0.2) is 0 Å². The lowest BCUT2D eigenvalue weighted by atomic mass is 9.88. The number of fused-ring (bicyclic) bond motifs is 3. The number of nitrogens with one attached hydrogen (secondary N) is 1. The van der Waals surface area contributed by atoms with E-state index in [1.54, 1.807) is 0 Å². The summed E-state index contributed by atoms with van der Waals surface area (Å²) in [6.07, 6.45) is 3.60. The van der Waals surface area contributed by atoms with E-state index < -0.39 is 0 Å². The second-order valence-electron chi connectivity index (χ2n) is 5.99. The SMILES string of the molecule is CC1CCCc2c1n(C)c1ccc(C(=O)NCCN)cc21. The first kappa shape index (κ1) is 14.1. The summed E-state index contributed by atoms with van der Waals surface area (Å²) in [7, 11) is 2.14. The Hall–Kier alpha value is -1.81. The maximum absolute atomic E-state index is 12.1. The average molecular weight is 285 g/mol. The highest BCUT2D eigenvalue weighted by molar-refractivity contribution is 5.99. The summed E-state index contributed by atoms with van der Waals surface area (Å²) in [5.74, 6) is 0.560. The molecular formula is C17H23N3O. The Morgan fingerprint density at radius 3 is 3.05 bits per heavy atom. The lowest BCUT2D eigenvalue weighted by Crippen LogP contribution is -2.28. The van der Waals surface area contributed by atoms with E-state index in [0.717, 1.165) is 12.0 Å². The van der Waals surface area contributed by atoms with Gasteiger partial charge in [0.1, 0.15) is 0 Å². The van der Waals surface area contributed by atoms with E-state index in [2.05, 4.69) is 29.9 Å². The van der Waals surface area contributed by atoms with Crippen LogP contribution in [0.4, 0.5) is 0 Å². The Labute approximate surface area is 125 Å². The van der Waals surface area contributed by atoms with Gasteiger partial charge in [0.25, 0.3) is 5.91 Å². The topological polar surface area (TPSA) is 60.0 Å². The first-order valence-corrected chi connectivity index (χ1v) is 7.73. The standard InChI is InChI=1S/C17H23N3O/c1-11-4-3-5-13-14-10-12(17(21)19-9-8-18)6-7-15(14)20(2)16(11)13/h6-7,10-11H,3-5,8-9,18H2,1-2H3,(H,19,21). The van der Waals surface area contributed by atoms with Crippen LogP contribution in [0.5, 0.6) is 0 Å². The van der Waals surface area contributed by atoms with Crippen LogP contribution in [0.3, 0.4) is 0 Å². The Kier molecular flexibility index (Phi) is 3.72. The van der Waals surface area contributed by atoms with Crippen LogP contribution in [0, 0.1) is 0 Å². The molecule has 21 heavy (non-hydrogen) atoms. The van der Waals surface area contributed by atoms with Gasteiger partial charge in [-0.05, 0) is 48.9 Å². The molecule has 1 aliphatic carbocycles. The molecule has 4 nitrogen and oxygen atoms in total. The Morgan fingerprint density at radius 1 is 1.48 bits per heavy atom. The molecule has 2 aromatic rings. The van der Waals surface area contributed by atoms with Gasteiger partial charge in [-0.2, -0.15) is 0 Å². The molecule has 1 aliphatic rings. The van der Waals surface area contributed by atoms with Crippen molar-refractivity contribution in [2.45, 2.75) is 32.1 Å². The average Bonchev–Trinajstić information content (AvgIpc) is 2.79. The van der Waals surface area contributed by atoms with Crippen molar-refractivity contribution in [3.05, 3.63) is 35.0 Å². The van der Waals surface area contributed by atoms with E-state index in [9.17, 15) is 4.79 Å². The zero-order valence-electron chi connectivity index (χ0n) is 12.8. The quantitative estimate of drug-likeness (QED) is 0.909. The summed E-state index contributed by atoms with van der Waals surface area (Å²) >= 11 is 0. The van der Waals surface area contributed by atoms with E-state index in [1.807, 2.05) is 12.1 Å². The molecule has 0 saturated carbocycles. The van der Waals surface area contributed by atoms with E-state index >= 15 is 0 Å². The number of carbonyl (C=O) groups is 1. The zero-order valence-corrected chi connectivity index (χ0v) is 12.8. The molecule has 0 aliphatic heterocycles. The maximum Gasteiger partial charge on any atom is 0.251 e. The minimum absolute atomic E-state index is 0.0381. The number of aryl methyl sites for hydroxylation is 2. The van der Waals surface area contributed by atoms with Gasteiger partial charge >= 0.3 is 0 Å². The lowest BCUT2D eigenvalue weighted by molar-refractivity contribution is 0.0955. The predicted molar refractivity (Wildman–Crippen MR) is 85.7 cm³/mol. The van der Waals surface area contributed by atoms with Crippen LogP contribution in [0.1, 0.15) is 47.3 Å². The molecule has 1 unspecified atom stereocenters. The van der Waals surface area contributed by atoms with E-state index in [0.29, 0.717) is 19.0 Å². The third kappa shape index (κ3) is 2.33. The van der Waals surface area contributed by atoms with Crippen molar-refractivity contribution >= 4 is 16.8 Å². The van der Waals surface area contributed by atoms with Crippen LogP contribution in [0.2, 0.25) is 0 Å². The van der Waals surface area contributed by atoms with Gasteiger partial charge < -0.3 is 15.6 Å². The molecule has 1 heterocycles. The van der Waals surface area contributed by atoms with E-state index in [1.165, 1.54) is 35.0 Å². The van der Waals surface area contributed by atoms with Crippen LogP contribution >= 0.6 is 0 Å². The Bertz CT molecular complexity index is 687. The van der Waals surface area contributed by atoms with E-state index in [4.69, 9.17) is 5.73 Å². The molecule has 1 atom stereocenters. The number of amides is 1. The number of nitrogens with zero attached hydrogens (tertiary/aromatic N) is 1. The lowest BCUT2D eigenvalue weighted by Gasteiger charge is -2.20. The molecule has 3 N–H and O–H groups in total. The van der Waals surface area contributed by atoms with Gasteiger partial charge in [0, 0.05) is 42.3 Å². The summed E-state index contributed by atoms with van der Waals surface area (Å²) in [6.45, 7) is 3.28. The third-order valence-electron chi connectivity index (χ3n) is 4.58. The van der Waals surface area contributed by atoms with Crippen LogP contribution < -0.4 is 11.1 Å². The fraction of sp³-hybridized carbons (Fsp3) is 0.471. The second kappa shape index (κ2) is 5.53.